The highest BCUT2D eigenvalue weighted by Crippen LogP contribution is 2.06. The Morgan fingerprint density at radius 3 is 2.68 bits per heavy atom. The number of carbonyl (C=O) groups is 1. The molecule has 1 aromatic rings. The van der Waals surface area contributed by atoms with Crippen LogP contribution in [0.4, 0.5) is 4.79 Å². The average molecular weight is 266 g/mol. The lowest BCUT2D eigenvalue weighted by Gasteiger charge is -2.09. The van der Waals surface area contributed by atoms with Crippen molar-refractivity contribution in [1.29, 1.82) is 0 Å². The Balaban J connectivity index is 2.09. The zero-order valence-corrected chi connectivity index (χ0v) is 11.3. The molecular weight excluding hydrogens is 244 g/mol. The number of nitrogens with one attached hydrogen (secondary N) is 2. The van der Waals surface area contributed by atoms with Gasteiger partial charge in [-0.05, 0) is 24.5 Å². The summed E-state index contributed by atoms with van der Waals surface area (Å²) in [4.78, 5) is 11.4. The van der Waals surface area contributed by atoms with Crippen LogP contribution in [0.15, 0.2) is 24.3 Å². The van der Waals surface area contributed by atoms with Gasteiger partial charge in [0, 0.05) is 13.1 Å². The molecule has 1 aromatic carbocycles. The Hall–Kier alpha value is -1.59. The highest BCUT2D eigenvalue weighted by Gasteiger charge is 2.00. The van der Waals surface area contributed by atoms with Crippen molar-refractivity contribution in [3.05, 3.63) is 35.4 Å². The Morgan fingerprint density at radius 2 is 1.95 bits per heavy atom. The summed E-state index contributed by atoms with van der Waals surface area (Å²) in [6.07, 6.45) is 0.821. The van der Waals surface area contributed by atoms with Gasteiger partial charge in [-0.25, -0.2) is 4.79 Å². The number of amides is 2. The third kappa shape index (κ3) is 6.79. The van der Waals surface area contributed by atoms with E-state index in [1.807, 2.05) is 12.1 Å². The van der Waals surface area contributed by atoms with Gasteiger partial charge >= 0.3 is 6.03 Å². The molecule has 0 bridgehead atoms. The van der Waals surface area contributed by atoms with E-state index in [1.165, 1.54) is 11.1 Å². The SMILES string of the molecule is Cc1ccccc1CCNC(=O)NCCOCCO. The molecule has 0 aliphatic carbocycles. The maximum absolute atomic E-state index is 11.4. The summed E-state index contributed by atoms with van der Waals surface area (Å²) in [7, 11) is 0. The second-order valence-corrected chi connectivity index (χ2v) is 4.20. The highest BCUT2D eigenvalue weighted by molar-refractivity contribution is 5.73. The van der Waals surface area contributed by atoms with Crippen LogP contribution < -0.4 is 10.6 Å². The second kappa shape index (κ2) is 9.35. The second-order valence-electron chi connectivity index (χ2n) is 4.20. The first-order valence-electron chi connectivity index (χ1n) is 6.49. The zero-order chi connectivity index (χ0) is 13.9. The molecule has 0 fully saturated rings. The molecule has 0 unspecified atom stereocenters. The van der Waals surface area contributed by atoms with Gasteiger partial charge < -0.3 is 20.5 Å². The summed E-state index contributed by atoms with van der Waals surface area (Å²) in [5.41, 5.74) is 2.48. The summed E-state index contributed by atoms with van der Waals surface area (Å²) >= 11 is 0. The van der Waals surface area contributed by atoms with E-state index >= 15 is 0 Å². The van der Waals surface area contributed by atoms with E-state index in [0.717, 1.165) is 6.42 Å². The van der Waals surface area contributed by atoms with Crippen LogP contribution in [-0.4, -0.2) is 44.0 Å². The van der Waals surface area contributed by atoms with Crippen molar-refractivity contribution in [1.82, 2.24) is 10.6 Å². The van der Waals surface area contributed by atoms with Crippen molar-refractivity contribution in [3.8, 4) is 0 Å². The fourth-order valence-electron chi connectivity index (χ4n) is 1.67. The summed E-state index contributed by atoms with van der Waals surface area (Å²) in [5, 5.41) is 14.0. The molecule has 0 radical (unpaired) electrons. The van der Waals surface area contributed by atoms with Crippen LogP contribution in [0.1, 0.15) is 11.1 Å². The maximum Gasteiger partial charge on any atom is 0.314 e. The fraction of sp³-hybridized carbons (Fsp3) is 0.500. The Bertz CT molecular complexity index is 383. The van der Waals surface area contributed by atoms with Gasteiger partial charge in [0.05, 0.1) is 19.8 Å². The smallest absolute Gasteiger partial charge is 0.314 e. The molecule has 0 saturated heterocycles. The predicted molar refractivity (Wildman–Crippen MR) is 74.2 cm³/mol. The van der Waals surface area contributed by atoms with Gasteiger partial charge in [0.15, 0.2) is 0 Å². The topological polar surface area (TPSA) is 70.6 Å². The number of hydrogen-bond acceptors (Lipinski definition) is 3. The third-order valence-corrected chi connectivity index (χ3v) is 2.71. The minimum absolute atomic E-state index is 0.00260. The van der Waals surface area contributed by atoms with E-state index in [2.05, 4.69) is 29.7 Å². The lowest BCUT2D eigenvalue weighted by molar-refractivity contribution is 0.0947. The fourth-order valence-corrected chi connectivity index (χ4v) is 1.67. The lowest BCUT2D eigenvalue weighted by Crippen LogP contribution is -2.38. The van der Waals surface area contributed by atoms with Crippen LogP contribution in [0, 0.1) is 6.92 Å². The minimum Gasteiger partial charge on any atom is -0.394 e. The first-order valence-corrected chi connectivity index (χ1v) is 6.49. The van der Waals surface area contributed by atoms with Crippen molar-refractivity contribution in [3.63, 3.8) is 0 Å². The molecule has 0 atom stereocenters. The van der Waals surface area contributed by atoms with Crippen LogP contribution in [0.2, 0.25) is 0 Å². The summed E-state index contributed by atoms with van der Waals surface area (Å²) in [5.74, 6) is 0. The molecule has 2 amide bonds. The van der Waals surface area contributed by atoms with Crippen LogP contribution >= 0.6 is 0 Å². The molecule has 0 aliphatic rings. The van der Waals surface area contributed by atoms with E-state index in [1.54, 1.807) is 0 Å². The molecule has 0 aromatic heterocycles. The number of benzene rings is 1. The monoisotopic (exact) mass is 266 g/mol. The van der Waals surface area contributed by atoms with Crippen LogP contribution in [0.3, 0.4) is 0 Å². The van der Waals surface area contributed by atoms with Crippen molar-refractivity contribution in [2.24, 2.45) is 0 Å². The van der Waals surface area contributed by atoms with E-state index in [-0.39, 0.29) is 12.6 Å². The van der Waals surface area contributed by atoms with Crippen LogP contribution in [0.25, 0.3) is 0 Å². The zero-order valence-electron chi connectivity index (χ0n) is 11.3. The number of urea groups is 1. The van der Waals surface area contributed by atoms with Gasteiger partial charge in [0.1, 0.15) is 0 Å². The van der Waals surface area contributed by atoms with Crippen LogP contribution in [-0.2, 0) is 11.2 Å². The molecule has 0 aliphatic heterocycles. The summed E-state index contributed by atoms with van der Waals surface area (Å²) < 4.78 is 5.03. The number of aliphatic hydroxyl groups excluding tert-OH is 1. The predicted octanol–water partition coefficient (Wildman–Crippen LogP) is 0.846. The molecule has 1 rings (SSSR count). The van der Waals surface area contributed by atoms with E-state index < -0.39 is 0 Å². The van der Waals surface area contributed by atoms with E-state index in [0.29, 0.717) is 26.3 Å². The first kappa shape index (κ1) is 15.5. The Kier molecular flexibility index (Phi) is 7.62. The van der Waals surface area contributed by atoms with Gasteiger partial charge in [-0.3, -0.25) is 0 Å². The number of aryl methyl sites for hydroxylation is 1. The summed E-state index contributed by atoms with van der Waals surface area (Å²) in [6, 6.07) is 7.94. The van der Waals surface area contributed by atoms with Crippen molar-refractivity contribution in [2.45, 2.75) is 13.3 Å². The van der Waals surface area contributed by atoms with Crippen LogP contribution in [0.5, 0.6) is 0 Å². The molecule has 5 nitrogen and oxygen atoms in total. The van der Waals surface area contributed by atoms with E-state index in [9.17, 15) is 4.79 Å². The largest absolute Gasteiger partial charge is 0.394 e. The molecule has 3 N–H and O–H groups in total. The quantitative estimate of drug-likeness (QED) is 0.611. The highest BCUT2D eigenvalue weighted by atomic mass is 16.5. The number of carbonyl (C=O) groups excluding carboxylic acids is 1. The van der Waals surface area contributed by atoms with Crippen molar-refractivity contribution < 1.29 is 14.6 Å². The Morgan fingerprint density at radius 1 is 1.21 bits per heavy atom. The number of aliphatic hydroxyl groups is 1. The molecule has 0 heterocycles. The molecule has 0 spiro atoms. The van der Waals surface area contributed by atoms with Gasteiger partial charge in [-0.1, -0.05) is 24.3 Å². The van der Waals surface area contributed by atoms with E-state index in [4.69, 9.17) is 9.84 Å². The summed E-state index contributed by atoms with van der Waals surface area (Å²) in [6.45, 7) is 3.82. The van der Waals surface area contributed by atoms with Gasteiger partial charge in [0.2, 0.25) is 0 Å². The molecular formula is C14H22N2O3. The minimum atomic E-state index is -0.193. The normalized spacial score (nSPS) is 10.2. The molecule has 19 heavy (non-hydrogen) atoms. The lowest BCUT2D eigenvalue weighted by atomic mass is 10.1. The first-order chi connectivity index (χ1) is 9.24. The number of hydrogen-bond donors (Lipinski definition) is 3. The third-order valence-electron chi connectivity index (χ3n) is 2.71. The van der Waals surface area contributed by atoms with Gasteiger partial charge in [-0.15, -0.1) is 0 Å². The van der Waals surface area contributed by atoms with Gasteiger partial charge in [-0.2, -0.15) is 0 Å². The molecule has 106 valence electrons. The number of ether oxygens (including phenoxy) is 1. The number of rotatable bonds is 8. The molecule has 5 heteroatoms. The standard InChI is InChI=1S/C14H22N2O3/c1-12-4-2-3-5-13(12)6-7-15-14(18)16-8-10-19-11-9-17/h2-5,17H,6-11H2,1H3,(H2,15,16,18). The van der Waals surface area contributed by atoms with Gasteiger partial charge in [0.25, 0.3) is 0 Å². The van der Waals surface area contributed by atoms with Crippen molar-refractivity contribution >= 4 is 6.03 Å². The van der Waals surface area contributed by atoms with Crippen molar-refractivity contribution in [2.75, 3.05) is 32.9 Å². The Labute approximate surface area is 114 Å². The molecule has 0 saturated carbocycles. The average Bonchev–Trinajstić information content (AvgIpc) is 2.41. The maximum atomic E-state index is 11.4.